The predicted molar refractivity (Wildman–Crippen MR) is 73.5 cm³/mol. The van der Waals surface area contributed by atoms with Crippen molar-refractivity contribution in [3.63, 3.8) is 0 Å². The van der Waals surface area contributed by atoms with E-state index in [1.54, 1.807) is 0 Å². The van der Waals surface area contributed by atoms with Crippen LogP contribution in [0.4, 0.5) is 0 Å². The van der Waals surface area contributed by atoms with E-state index in [-0.39, 0.29) is 5.54 Å². The summed E-state index contributed by atoms with van der Waals surface area (Å²) in [7, 11) is 2.12. The molecule has 1 rings (SSSR count). The van der Waals surface area contributed by atoms with E-state index in [9.17, 15) is 0 Å². The minimum absolute atomic E-state index is 0.0365. The molecule has 1 aromatic rings. The molecular formula is C13H21BrN2. The van der Waals surface area contributed by atoms with E-state index in [0.29, 0.717) is 6.54 Å². The zero-order valence-corrected chi connectivity index (χ0v) is 12.1. The van der Waals surface area contributed by atoms with Gasteiger partial charge in [0.25, 0.3) is 0 Å². The maximum atomic E-state index is 5.78. The average Bonchev–Trinajstić information content (AvgIpc) is 2.23. The van der Waals surface area contributed by atoms with Gasteiger partial charge in [-0.3, -0.25) is 4.90 Å². The molecule has 2 nitrogen and oxygen atoms in total. The molecule has 0 atom stereocenters. The summed E-state index contributed by atoms with van der Waals surface area (Å²) < 4.78 is 1.13. The Kier molecular flexibility index (Phi) is 4.53. The van der Waals surface area contributed by atoms with Crippen LogP contribution in [0.15, 0.2) is 22.7 Å². The molecule has 0 aliphatic heterocycles. The first-order valence-electron chi connectivity index (χ1n) is 5.53. The summed E-state index contributed by atoms with van der Waals surface area (Å²) >= 11 is 3.51. The van der Waals surface area contributed by atoms with Gasteiger partial charge >= 0.3 is 0 Å². The van der Waals surface area contributed by atoms with E-state index in [4.69, 9.17) is 5.73 Å². The molecule has 0 saturated carbocycles. The van der Waals surface area contributed by atoms with Crippen molar-refractivity contribution in [2.45, 2.75) is 32.9 Å². The van der Waals surface area contributed by atoms with Crippen LogP contribution in [0, 0.1) is 6.92 Å². The van der Waals surface area contributed by atoms with Crippen molar-refractivity contribution in [2.24, 2.45) is 5.73 Å². The van der Waals surface area contributed by atoms with Crippen LogP contribution in [0.5, 0.6) is 0 Å². The molecule has 0 saturated heterocycles. The Hall–Kier alpha value is -0.380. The lowest BCUT2D eigenvalue weighted by Crippen LogP contribution is -2.46. The first-order valence-corrected chi connectivity index (χ1v) is 6.32. The Labute approximate surface area is 107 Å². The number of nitrogens with two attached hydrogens (primary N) is 1. The van der Waals surface area contributed by atoms with Crippen LogP contribution in [-0.2, 0) is 6.54 Å². The molecule has 3 heteroatoms. The van der Waals surface area contributed by atoms with E-state index < -0.39 is 0 Å². The number of likely N-dealkylation sites (N-methyl/N-ethyl adjacent to an activating group) is 1. The molecule has 0 fully saturated rings. The Bertz CT molecular complexity index is 361. The lowest BCUT2D eigenvalue weighted by Gasteiger charge is -2.34. The summed E-state index contributed by atoms with van der Waals surface area (Å²) in [5.41, 5.74) is 8.48. The normalized spacial score (nSPS) is 12.2. The maximum Gasteiger partial charge on any atom is 0.0275 e. The standard InChI is InChI=1S/C13H21BrN2/c1-10-5-6-12(14)7-11(10)8-16(4)13(2,3)9-15/h5-7H,8-9,15H2,1-4H3. The van der Waals surface area contributed by atoms with E-state index in [1.165, 1.54) is 11.1 Å². The Morgan fingerprint density at radius 1 is 1.38 bits per heavy atom. The largest absolute Gasteiger partial charge is 0.329 e. The van der Waals surface area contributed by atoms with E-state index in [1.807, 2.05) is 0 Å². The van der Waals surface area contributed by atoms with Gasteiger partial charge in [-0.2, -0.15) is 0 Å². The minimum atomic E-state index is 0.0365. The monoisotopic (exact) mass is 284 g/mol. The minimum Gasteiger partial charge on any atom is -0.329 e. The summed E-state index contributed by atoms with van der Waals surface area (Å²) in [5.74, 6) is 0. The summed E-state index contributed by atoms with van der Waals surface area (Å²) in [5, 5.41) is 0. The third-order valence-corrected chi connectivity index (χ3v) is 3.74. The van der Waals surface area contributed by atoms with Gasteiger partial charge in [0.15, 0.2) is 0 Å². The van der Waals surface area contributed by atoms with Crippen molar-refractivity contribution in [3.8, 4) is 0 Å². The second-order valence-electron chi connectivity index (χ2n) is 4.94. The predicted octanol–water partition coefficient (Wildman–Crippen LogP) is 2.93. The fourth-order valence-corrected chi connectivity index (χ4v) is 1.84. The molecule has 0 aliphatic carbocycles. The molecule has 0 amide bonds. The highest BCUT2D eigenvalue weighted by Gasteiger charge is 2.21. The van der Waals surface area contributed by atoms with Crippen LogP contribution >= 0.6 is 15.9 Å². The van der Waals surface area contributed by atoms with Crippen molar-refractivity contribution in [2.75, 3.05) is 13.6 Å². The number of hydrogen-bond acceptors (Lipinski definition) is 2. The van der Waals surface area contributed by atoms with Crippen LogP contribution < -0.4 is 5.73 Å². The van der Waals surface area contributed by atoms with Gasteiger partial charge in [-0.05, 0) is 51.1 Å². The number of halogens is 1. The molecule has 0 bridgehead atoms. The third kappa shape index (κ3) is 3.30. The van der Waals surface area contributed by atoms with E-state index in [2.05, 4.69) is 66.8 Å². The number of aryl methyl sites for hydroxylation is 1. The molecule has 0 aromatic heterocycles. The van der Waals surface area contributed by atoms with Gasteiger partial charge in [0.2, 0.25) is 0 Å². The number of nitrogens with zero attached hydrogens (tertiary/aromatic N) is 1. The molecule has 0 aliphatic rings. The average molecular weight is 285 g/mol. The number of benzene rings is 1. The van der Waals surface area contributed by atoms with Gasteiger partial charge in [0.05, 0.1) is 0 Å². The van der Waals surface area contributed by atoms with Crippen molar-refractivity contribution >= 4 is 15.9 Å². The molecule has 0 radical (unpaired) electrons. The molecule has 0 spiro atoms. The van der Waals surface area contributed by atoms with Gasteiger partial charge in [-0.25, -0.2) is 0 Å². The highest BCUT2D eigenvalue weighted by atomic mass is 79.9. The first kappa shape index (κ1) is 13.7. The van der Waals surface area contributed by atoms with Crippen LogP contribution in [0.2, 0.25) is 0 Å². The molecular weight excluding hydrogens is 264 g/mol. The molecule has 2 N–H and O–H groups in total. The molecule has 16 heavy (non-hydrogen) atoms. The highest BCUT2D eigenvalue weighted by molar-refractivity contribution is 9.10. The van der Waals surface area contributed by atoms with Gasteiger partial charge in [-0.15, -0.1) is 0 Å². The fourth-order valence-electron chi connectivity index (χ4n) is 1.44. The van der Waals surface area contributed by atoms with Crippen LogP contribution in [-0.4, -0.2) is 24.0 Å². The second kappa shape index (κ2) is 5.30. The Morgan fingerprint density at radius 2 is 2.00 bits per heavy atom. The van der Waals surface area contributed by atoms with E-state index >= 15 is 0 Å². The zero-order chi connectivity index (χ0) is 12.3. The molecule has 1 aromatic carbocycles. The summed E-state index contributed by atoms with van der Waals surface area (Å²) in [6.45, 7) is 8.07. The highest BCUT2D eigenvalue weighted by Crippen LogP contribution is 2.20. The Balaban J connectivity index is 2.84. The third-order valence-electron chi connectivity index (χ3n) is 3.25. The quantitative estimate of drug-likeness (QED) is 0.921. The van der Waals surface area contributed by atoms with Crippen LogP contribution in [0.25, 0.3) is 0 Å². The Morgan fingerprint density at radius 3 is 2.56 bits per heavy atom. The summed E-state index contributed by atoms with van der Waals surface area (Å²) in [6.07, 6.45) is 0. The van der Waals surface area contributed by atoms with Gasteiger partial charge < -0.3 is 5.73 Å². The number of rotatable bonds is 4. The van der Waals surface area contributed by atoms with Crippen LogP contribution in [0.1, 0.15) is 25.0 Å². The fraction of sp³-hybridized carbons (Fsp3) is 0.538. The van der Waals surface area contributed by atoms with Crippen molar-refractivity contribution in [1.82, 2.24) is 4.90 Å². The first-order chi connectivity index (χ1) is 7.36. The second-order valence-corrected chi connectivity index (χ2v) is 5.86. The van der Waals surface area contributed by atoms with Crippen molar-refractivity contribution in [3.05, 3.63) is 33.8 Å². The van der Waals surface area contributed by atoms with Gasteiger partial charge in [-0.1, -0.05) is 22.0 Å². The zero-order valence-electron chi connectivity index (χ0n) is 10.5. The van der Waals surface area contributed by atoms with Gasteiger partial charge in [0, 0.05) is 23.1 Å². The molecule has 0 unspecified atom stereocenters. The van der Waals surface area contributed by atoms with Crippen LogP contribution in [0.3, 0.4) is 0 Å². The molecule has 0 heterocycles. The summed E-state index contributed by atoms with van der Waals surface area (Å²) in [6, 6.07) is 6.40. The van der Waals surface area contributed by atoms with Gasteiger partial charge in [0.1, 0.15) is 0 Å². The molecule has 90 valence electrons. The number of hydrogen-bond donors (Lipinski definition) is 1. The summed E-state index contributed by atoms with van der Waals surface area (Å²) in [4.78, 5) is 2.29. The lowest BCUT2D eigenvalue weighted by atomic mass is 10.0. The van der Waals surface area contributed by atoms with E-state index in [0.717, 1.165) is 11.0 Å². The SMILES string of the molecule is Cc1ccc(Br)cc1CN(C)C(C)(C)CN. The lowest BCUT2D eigenvalue weighted by molar-refractivity contribution is 0.155. The van der Waals surface area contributed by atoms with Crippen molar-refractivity contribution in [1.29, 1.82) is 0 Å². The topological polar surface area (TPSA) is 29.3 Å². The maximum absolute atomic E-state index is 5.78. The van der Waals surface area contributed by atoms with Crippen molar-refractivity contribution < 1.29 is 0 Å². The smallest absolute Gasteiger partial charge is 0.0275 e.